The first-order chi connectivity index (χ1) is 12.7. The molecule has 26 heavy (non-hydrogen) atoms. The summed E-state index contributed by atoms with van der Waals surface area (Å²) in [6.07, 6.45) is 11.7. The largest absolute Gasteiger partial charge is 0.371 e. The van der Waals surface area contributed by atoms with Crippen molar-refractivity contribution in [2.24, 2.45) is 16.3 Å². The van der Waals surface area contributed by atoms with Crippen LogP contribution in [0.1, 0.15) is 38.7 Å². The molecule has 2 nitrogen and oxygen atoms in total. The van der Waals surface area contributed by atoms with E-state index in [9.17, 15) is 0 Å². The van der Waals surface area contributed by atoms with E-state index < -0.39 is 0 Å². The molecule has 2 heterocycles. The third kappa shape index (κ3) is 2.27. The van der Waals surface area contributed by atoms with Gasteiger partial charge >= 0.3 is 0 Å². The zero-order valence-electron chi connectivity index (χ0n) is 15.9. The van der Waals surface area contributed by atoms with Gasteiger partial charge in [0.25, 0.3) is 0 Å². The lowest BCUT2D eigenvalue weighted by Gasteiger charge is -2.46. The highest BCUT2D eigenvalue weighted by atomic mass is 15.2. The van der Waals surface area contributed by atoms with E-state index in [0.29, 0.717) is 12.0 Å². The van der Waals surface area contributed by atoms with Crippen molar-refractivity contribution in [1.82, 2.24) is 4.90 Å². The number of allylic oxidation sites excluding steroid dienone is 4. The van der Waals surface area contributed by atoms with Gasteiger partial charge in [-0.05, 0) is 48.3 Å². The zero-order valence-corrected chi connectivity index (χ0v) is 15.9. The lowest BCUT2D eigenvalue weighted by atomic mass is 9.66. The number of benzene rings is 1. The van der Waals surface area contributed by atoms with Crippen LogP contribution in [0.5, 0.6) is 0 Å². The highest BCUT2D eigenvalue weighted by Crippen LogP contribution is 2.56. The zero-order chi connectivity index (χ0) is 17.7. The molecule has 134 valence electrons. The minimum Gasteiger partial charge on any atom is -0.371 e. The summed E-state index contributed by atoms with van der Waals surface area (Å²) in [4.78, 5) is 7.52. The Hall–Kier alpha value is -2.09. The normalized spacial score (nSPS) is 32.2. The molecule has 1 aromatic rings. The van der Waals surface area contributed by atoms with Gasteiger partial charge in [-0.2, -0.15) is 0 Å². The molecule has 2 aliphatic carbocycles. The van der Waals surface area contributed by atoms with Crippen LogP contribution in [-0.2, 0) is 6.42 Å². The molecule has 2 aliphatic heterocycles. The molecule has 0 saturated heterocycles. The van der Waals surface area contributed by atoms with E-state index in [1.165, 1.54) is 24.8 Å². The van der Waals surface area contributed by atoms with Crippen molar-refractivity contribution in [3.63, 3.8) is 0 Å². The Balaban J connectivity index is 1.56. The summed E-state index contributed by atoms with van der Waals surface area (Å²) in [6, 6.07) is 11.6. The summed E-state index contributed by atoms with van der Waals surface area (Å²) in [6.45, 7) is 6.87. The highest BCUT2D eigenvalue weighted by molar-refractivity contribution is 5.75. The standard InChI is InChI=1S/C24H28N2/c1-17-23-15-20-19-9-6-13-25-16-24(17,2)21(19)10-11-22(20)26(23)14-12-18-7-4-3-5-8-18/h3-9,16-17,23H,10-15H2,1-2H3. The van der Waals surface area contributed by atoms with Crippen molar-refractivity contribution in [2.45, 2.75) is 45.6 Å². The van der Waals surface area contributed by atoms with Crippen LogP contribution in [0.15, 0.2) is 69.9 Å². The highest BCUT2D eigenvalue weighted by Gasteiger charge is 2.50. The molecule has 0 fully saturated rings. The maximum Gasteiger partial charge on any atom is 0.0570 e. The lowest BCUT2D eigenvalue weighted by molar-refractivity contribution is 0.152. The van der Waals surface area contributed by atoms with Crippen LogP contribution in [0.4, 0.5) is 0 Å². The Labute approximate surface area is 157 Å². The summed E-state index contributed by atoms with van der Waals surface area (Å²) >= 11 is 0. The van der Waals surface area contributed by atoms with Crippen molar-refractivity contribution < 1.29 is 0 Å². The molecule has 0 aromatic heterocycles. The smallest absolute Gasteiger partial charge is 0.0570 e. The van der Waals surface area contributed by atoms with Gasteiger partial charge in [0, 0.05) is 29.9 Å². The first kappa shape index (κ1) is 16.1. The van der Waals surface area contributed by atoms with Crippen LogP contribution in [0.25, 0.3) is 0 Å². The van der Waals surface area contributed by atoms with Crippen LogP contribution in [-0.4, -0.2) is 30.2 Å². The maximum absolute atomic E-state index is 4.75. The molecule has 3 unspecified atom stereocenters. The predicted octanol–water partition coefficient (Wildman–Crippen LogP) is 4.94. The van der Waals surface area contributed by atoms with Gasteiger partial charge in [-0.1, -0.05) is 61.9 Å². The monoisotopic (exact) mass is 344 g/mol. The molecule has 0 N–H and O–H groups in total. The molecular weight excluding hydrogens is 316 g/mol. The van der Waals surface area contributed by atoms with Gasteiger partial charge in [0.1, 0.15) is 0 Å². The molecule has 0 radical (unpaired) electrons. The summed E-state index contributed by atoms with van der Waals surface area (Å²) < 4.78 is 0. The van der Waals surface area contributed by atoms with Crippen LogP contribution >= 0.6 is 0 Å². The SMILES string of the molecule is CC1C2CC3=C(CCC4=C3C=CCN=CC41C)N2CCc1ccccc1. The average molecular weight is 345 g/mol. The number of nitrogens with zero attached hydrogens (tertiary/aromatic N) is 2. The Bertz CT molecular complexity index is 842. The Morgan fingerprint density at radius 3 is 2.88 bits per heavy atom. The number of hydrogen-bond acceptors (Lipinski definition) is 2. The maximum atomic E-state index is 4.75. The van der Waals surface area contributed by atoms with E-state index in [4.69, 9.17) is 4.99 Å². The van der Waals surface area contributed by atoms with Gasteiger partial charge in [0.05, 0.1) is 6.54 Å². The molecular formula is C24H28N2. The number of hydrogen-bond donors (Lipinski definition) is 0. The molecule has 1 aromatic carbocycles. The van der Waals surface area contributed by atoms with E-state index in [2.05, 4.69) is 67.4 Å². The van der Waals surface area contributed by atoms with E-state index >= 15 is 0 Å². The molecule has 4 aliphatic rings. The van der Waals surface area contributed by atoms with Gasteiger partial charge in [-0.3, -0.25) is 4.99 Å². The molecule has 3 atom stereocenters. The average Bonchev–Trinajstić information content (AvgIpc) is 3.00. The number of likely N-dealkylation sites (tertiary alicyclic amines) is 1. The third-order valence-electron chi connectivity index (χ3n) is 7.28. The van der Waals surface area contributed by atoms with Crippen molar-refractivity contribution >= 4 is 6.21 Å². The quantitative estimate of drug-likeness (QED) is 0.758. The predicted molar refractivity (Wildman–Crippen MR) is 108 cm³/mol. The molecule has 0 spiro atoms. The van der Waals surface area contributed by atoms with Crippen LogP contribution in [0.3, 0.4) is 0 Å². The fourth-order valence-corrected chi connectivity index (χ4v) is 5.68. The molecule has 2 heteroatoms. The van der Waals surface area contributed by atoms with Gasteiger partial charge in [0.2, 0.25) is 0 Å². The van der Waals surface area contributed by atoms with Gasteiger partial charge < -0.3 is 4.90 Å². The fourth-order valence-electron chi connectivity index (χ4n) is 5.68. The Morgan fingerprint density at radius 2 is 2.04 bits per heavy atom. The second-order valence-electron chi connectivity index (χ2n) is 8.49. The van der Waals surface area contributed by atoms with Gasteiger partial charge in [-0.25, -0.2) is 0 Å². The molecule has 5 bridgehead atoms. The molecule has 5 rings (SSSR count). The van der Waals surface area contributed by atoms with Gasteiger partial charge in [-0.15, -0.1) is 0 Å². The van der Waals surface area contributed by atoms with Crippen molar-refractivity contribution in [3.8, 4) is 0 Å². The van der Waals surface area contributed by atoms with Crippen LogP contribution < -0.4 is 0 Å². The van der Waals surface area contributed by atoms with E-state index in [1.54, 1.807) is 22.4 Å². The second-order valence-corrected chi connectivity index (χ2v) is 8.49. The second kappa shape index (κ2) is 5.97. The Morgan fingerprint density at radius 1 is 1.19 bits per heavy atom. The Kier molecular flexibility index (Phi) is 3.70. The minimum absolute atomic E-state index is 0.101. The lowest BCUT2D eigenvalue weighted by Crippen LogP contribution is -2.46. The third-order valence-corrected chi connectivity index (χ3v) is 7.28. The van der Waals surface area contributed by atoms with Crippen molar-refractivity contribution in [2.75, 3.05) is 13.1 Å². The van der Waals surface area contributed by atoms with E-state index in [0.717, 1.165) is 19.5 Å². The molecule has 0 amide bonds. The summed E-state index contributed by atoms with van der Waals surface area (Å²) in [5.41, 5.74) is 8.03. The molecule has 0 saturated carbocycles. The first-order valence-electron chi connectivity index (χ1n) is 10.1. The van der Waals surface area contributed by atoms with Crippen LogP contribution in [0, 0.1) is 11.3 Å². The topological polar surface area (TPSA) is 15.6 Å². The number of fused-ring (bicyclic) bond motifs is 1. The first-order valence-corrected chi connectivity index (χ1v) is 10.1. The van der Waals surface area contributed by atoms with Crippen LogP contribution in [0.2, 0.25) is 0 Å². The number of aliphatic imine (C=N–C) groups is 1. The van der Waals surface area contributed by atoms with E-state index in [-0.39, 0.29) is 5.41 Å². The number of rotatable bonds is 3. The van der Waals surface area contributed by atoms with Gasteiger partial charge in [0.15, 0.2) is 0 Å². The summed E-state index contributed by atoms with van der Waals surface area (Å²) in [5, 5.41) is 0. The van der Waals surface area contributed by atoms with Crippen molar-refractivity contribution in [3.05, 3.63) is 70.5 Å². The summed E-state index contributed by atoms with van der Waals surface area (Å²) in [5.74, 6) is 0.592. The van der Waals surface area contributed by atoms with E-state index in [1.807, 2.05) is 0 Å². The fraction of sp³-hybridized carbons (Fsp3) is 0.458. The summed E-state index contributed by atoms with van der Waals surface area (Å²) in [7, 11) is 0. The minimum atomic E-state index is 0.101. The van der Waals surface area contributed by atoms with Crippen molar-refractivity contribution in [1.29, 1.82) is 0 Å².